The van der Waals surface area contributed by atoms with Crippen molar-refractivity contribution in [1.29, 1.82) is 5.26 Å². The lowest BCUT2D eigenvalue weighted by atomic mass is 9.99. The van der Waals surface area contributed by atoms with Crippen LogP contribution in [0.1, 0.15) is 21.5 Å². The quantitative estimate of drug-likeness (QED) is 0.527. The van der Waals surface area contributed by atoms with Gasteiger partial charge in [0.2, 0.25) is 0 Å². The number of esters is 1. The number of anilines is 2. The highest BCUT2D eigenvalue weighted by atomic mass is 16.5. The first kappa shape index (κ1) is 18.0. The summed E-state index contributed by atoms with van der Waals surface area (Å²) in [5, 5.41) is 12.5. The van der Waals surface area contributed by atoms with Gasteiger partial charge in [0.15, 0.2) is 0 Å². The third kappa shape index (κ3) is 3.91. The van der Waals surface area contributed by atoms with Crippen LogP contribution in [0.4, 0.5) is 11.4 Å². The zero-order chi connectivity index (χ0) is 19.2. The Kier molecular flexibility index (Phi) is 5.38. The van der Waals surface area contributed by atoms with E-state index < -0.39 is 5.97 Å². The maximum Gasteiger partial charge on any atom is 0.340 e. The summed E-state index contributed by atoms with van der Waals surface area (Å²) in [6.45, 7) is 0.551. The van der Waals surface area contributed by atoms with Crippen molar-refractivity contribution in [2.24, 2.45) is 0 Å². The average Bonchev–Trinajstić information content (AvgIpc) is 2.73. The number of methoxy groups -OCH3 is 1. The van der Waals surface area contributed by atoms with Crippen LogP contribution in [0.5, 0.6) is 0 Å². The van der Waals surface area contributed by atoms with Crippen molar-refractivity contribution >= 4 is 17.3 Å². The molecule has 3 aromatic carbocycles. The smallest absolute Gasteiger partial charge is 0.340 e. The summed E-state index contributed by atoms with van der Waals surface area (Å²) in [5.41, 5.74) is 11.0. The molecule has 0 aliphatic heterocycles. The van der Waals surface area contributed by atoms with Crippen molar-refractivity contribution < 1.29 is 9.53 Å². The van der Waals surface area contributed by atoms with E-state index in [-0.39, 0.29) is 0 Å². The van der Waals surface area contributed by atoms with E-state index in [2.05, 4.69) is 11.4 Å². The second-order valence-electron chi connectivity index (χ2n) is 5.97. The summed E-state index contributed by atoms with van der Waals surface area (Å²) in [4.78, 5) is 11.7. The maximum atomic E-state index is 11.7. The zero-order valence-corrected chi connectivity index (χ0v) is 14.9. The Bertz CT molecular complexity index is 1000. The molecule has 0 fully saturated rings. The minimum absolute atomic E-state index is 0.339. The number of para-hydroxylation sites is 1. The Balaban J connectivity index is 1.75. The minimum Gasteiger partial charge on any atom is -0.465 e. The SMILES string of the molecule is COC(=O)c1cccc(NCc2ccc(-c3ccccc3C#N)cc2)c1N. The number of nitrogens with two attached hydrogens (primary N) is 1. The largest absolute Gasteiger partial charge is 0.465 e. The first-order valence-electron chi connectivity index (χ1n) is 8.43. The first-order valence-corrected chi connectivity index (χ1v) is 8.43. The molecule has 0 amide bonds. The molecule has 5 nitrogen and oxygen atoms in total. The van der Waals surface area contributed by atoms with Crippen LogP contribution in [-0.4, -0.2) is 13.1 Å². The van der Waals surface area contributed by atoms with Crippen LogP contribution in [0.2, 0.25) is 0 Å². The Morgan fingerprint density at radius 2 is 1.81 bits per heavy atom. The molecule has 0 atom stereocenters. The van der Waals surface area contributed by atoms with Crippen molar-refractivity contribution in [3.05, 3.63) is 83.4 Å². The van der Waals surface area contributed by atoms with Gasteiger partial charge in [-0.1, -0.05) is 48.5 Å². The fourth-order valence-electron chi connectivity index (χ4n) is 2.84. The van der Waals surface area contributed by atoms with Gasteiger partial charge in [0.05, 0.1) is 35.7 Å². The number of carbonyl (C=O) groups excluding carboxylic acids is 1. The van der Waals surface area contributed by atoms with E-state index in [1.807, 2.05) is 54.6 Å². The molecule has 0 heterocycles. The molecular formula is C22H19N3O2. The lowest BCUT2D eigenvalue weighted by molar-refractivity contribution is 0.0602. The van der Waals surface area contributed by atoms with Crippen molar-refractivity contribution in [2.45, 2.75) is 6.54 Å². The highest BCUT2D eigenvalue weighted by Crippen LogP contribution is 2.26. The standard InChI is InChI=1S/C22H19N3O2/c1-27-22(26)19-7-4-8-20(21(19)24)25-14-15-9-11-16(12-10-15)18-6-3-2-5-17(18)13-23/h2-12,25H,14,24H2,1H3. The molecule has 0 spiro atoms. The normalized spacial score (nSPS) is 10.1. The fourth-order valence-corrected chi connectivity index (χ4v) is 2.84. The molecule has 0 aromatic heterocycles. The number of ether oxygens (including phenoxy) is 1. The molecule has 0 saturated heterocycles. The maximum absolute atomic E-state index is 11.7. The van der Waals surface area contributed by atoms with Gasteiger partial charge < -0.3 is 15.8 Å². The number of nitrogen functional groups attached to an aromatic ring is 1. The van der Waals surface area contributed by atoms with Gasteiger partial charge in [-0.2, -0.15) is 5.26 Å². The predicted molar refractivity (Wildman–Crippen MR) is 106 cm³/mol. The highest BCUT2D eigenvalue weighted by molar-refractivity contribution is 5.98. The van der Waals surface area contributed by atoms with Crippen LogP contribution in [0, 0.1) is 11.3 Å². The molecule has 3 rings (SSSR count). The molecular weight excluding hydrogens is 338 g/mol. The third-order valence-electron chi connectivity index (χ3n) is 4.31. The number of carbonyl (C=O) groups is 1. The van der Waals surface area contributed by atoms with E-state index in [0.717, 1.165) is 16.7 Å². The Labute approximate surface area is 158 Å². The van der Waals surface area contributed by atoms with Gasteiger partial charge in [-0.15, -0.1) is 0 Å². The summed E-state index contributed by atoms with van der Waals surface area (Å²) in [6.07, 6.45) is 0. The number of hydrogen-bond acceptors (Lipinski definition) is 5. The van der Waals surface area contributed by atoms with Gasteiger partial charge in [-0.05, 0) is 34.9 Å². The van der Waals surface area contributed by atoms with Gasteiger partial charge in [0.1, 0.15) is 0 Å². The van der Waals surface area contributed by atoms with Crippen LogP contribution in [0.25, 0.3) is 11.1 Å². The number of nitriles is 1. The fraction of sp³-hybridized carbons (Fsp3) is 0.0909. The molecule has 0 saturated carbocycles. The lowest BCUT2D eigenvalue weighted by Gasteiger charge is -2.12. The number of nitrogens with zero attached hydrogens (tertiary/aromatic N) is 1. The van der Waals surface area contributed by atoms with Crippen LogP contribution in [-0.2, 0) is 11.3 Å². The average molecular weight is 357 g/mol. The topological polar surface area (TPSA) is 88.1 Å². The third-order valence-corrected chi connectivity index (χ3v) is 4.31. The zero-order valence-electron chi connectivity index (χ0n) is 14.9. The highest BCUT2D eigenvalue weighted by Gasteiger charge is 2.12. The van der Waals surface area contributed by atoms with Gasteiger partial charge in [0.25, 0.3) is 0 Å². The van der Waals surface area contributed by atoms with Crippen molar-refractivity contribution in [3.8, 4) is 17.2 Å². The molecule has 3 aromatic rings. The van der Waals surface area contributed by atoms with Crippen LogP contribution in [0.15, 0.2) is 66.7 Å². The Morgan fingerprint density at radius 3 is 2.52 bits per heavy atom. The Hall–Kier alpha value is -3.78. The number of nitrogens with one attached hydrogen (secondary N) is 1. The molecule has 134 valence electrons. The van der Waals surface area contributed by atoms with E-state index >= 15 is 0 Å². The van der Waals surface area contributed by atoms with E-state index in [9.17, 15) is 10.1 Å². The predicted octanol–water partition coefficient (Wildman–Crippen LogP) is 4.21. The molecule has 0 unspecified atom stereocenters. The molecule has 0 radical (unpaired) electrons. The summed E-state index contributed by atoms with van der Waals surface area (Å²) in [7, 11) is 1.33. The van der Waals surface area contributed by atoms with E-state index in [1.165, 1.54) is 7.11 Å². The van der Waals surface area contributed by atoms with Gasteiger partial charge >= 0.3 is 5.97 Å². The summed E-state index contributed by atoms with van der Waals surface area (Å²) < 4.78 is 4.74. The lowest BCUT2D eigenvalue weighted by Crippen LogP contribution is -2.09. The van der Waals surface area contributed by atoms with E-state index in [4.69, 9.17) is 10.5 Å². The molecule has 0 bridgehead atoms. The number of hydrogen-bond donors (Lipinski definition) is 2. The molecule has 5 heteroatoms. The van der Waals surface area contributed by atoms with Crippen LogP contribution < -0.4 is 11.1 Å². The van der Waals surface area contributed by atoms with Crippen molar-refractivity contribution in [1.82, 2.24) is 0 Å². The van der Waals surface area contributed by atoms with Crippen molar-refractivity contribution in [2.75, 3.05) is 18.2 Å². The number of benzene rings is 3. The first-order chi connectivity index (χ1) is 13.1. The van der Waals surface area contributed by atoms with Crippen molar-refractivity contribution in [3.63, 3.8) is 0 Å². The second-order valence-corrected chi connectivity index (χ2v) is 5.97. The Morgan fingerprint density at radius 1 is 1.07 bits per heavy atom. The summed E-state index contributed by atoms with van der Waals surface area (Å²) in [5.74, 6) is -0.461. The second kappa shape index (κ2) is 8.07. The molecule has 0 aliphatic rings. The van der Waals surface area contributed by atoms with Gasteiger partial charge in [-0.3, -0.25) is 0 Å². The minimum atomic E-state index is -0.461. The van der Waals surface area contributed by atoms with Crippen LogP contribution in [0.3, 0.4) is 0 Å². The number of rotatable bonds is 5. The van der Waals surface area contributed by atoms with Crippen LogP contribution >= 0.6 is 0 Å². The van der Waals surface area contributed by atoms with E-state index in [1.54, 1.807) is 12.1 Å². The van der Waals surface area contributed by atoms with Gasteiger partial charge in [0, 0.05) is 6.54 Å². The molecule has 27 heavy (non-hydrogen) atoms. The summed E-state index contributed by atoms with van der Waals surface area (Å²) in [6, 6.07) is 22.9. The molecule has 0 aliphatic carbocycles. The molecule has 3 N–H and O–H groups in total. The van der Waals surface area contributed by atoms with Gasteiger partial charge in [-0.25, -0.2) is 4.79 Å². The van der Waals surface area contributed by atoms with E-state index in [0.29, 0.717) is 29.0 Å². The summed E-state index contributed by atoms with van der Waals surface area (Å²) >= 11 is 0. The monoisotopic (exact) mass is 357 g/mol.